The van der Waals surface area contributed by atoms with Crippen molar-refractivity contribution in [3.8, 4) is 28.1 Å². The number of benzene rings is 7. The van der Waals surface area contributed by atoms with E-state index >= 15 is 0 Å². The smallest absolute Gasteiger partial charge is 0.0726 e. The molecular formula is C43H26N2S. The highest BCUT2D eigenvalue weighted by Crippen LogP contribution is 2.47. The molecular weight excluding hydrogens is 577 g/mol. The first-order chi connectivity index (χ1) is 22.8. The van der Waals surface area contributed by atoms with Crippen molar-refractivity contribution >= 4 is 75.0 Å². The number of nitrogens with zero attached hydrogens (tertiary/aromatic N) is 2. The van der Waals surface area contributed by atoms with Crippen LogP contribution in [0.25, 0.3) is 91.7 Å². The largest absolute Gasteiger partial charge is 0.308 e. The molecule has 214 valence electrons. The Bertz CT molecular complexity index is 2790. The first-order valence-corrected chi connectivity index (χ1v) is 16.5. The number of thiophene rings is 1. The van der Waals surface area contributed by atoms with Crippen LogP contribution in [0.3, 0.4) is 0 Å². The number of fused-ring (bicyclic) bond motifs is 11. The van der Waals surface area contributed by atoms with Gasteiger partial charge in [-0.3, -0.25) is 0 Å². The van der Waals surface area contributed by atoms with E-state index in [-0.39, 0.29) is 0 Å². The van der Waals surface area contributed by atoms with Crippen LogP contribution in [0.2, 0.25) is 0 Å². The van der Waals surface area contributed by atoms with Crippen molar-refractivity contribution in [1.29, 1.82) is 0 Å². The van der Waals surface area contributed by atoms with E-state index in [2.05, 4.69) is 162 Å². The lowest BCUT2D eigenvalue weighted by molar-refractivity contribution is 1.19. The van der Waals surface area contributed by atoms with E-state index in [0.29, 0.717) is 0 Å². The summed E-state index contributed by atoms with van der Waals surface area (Å²) in [7, 11) is 0. The van der Waals surface area contributed by atoms with Gasteiger partial charge in [0.2, 0.25) is 0 Å². The van der Waals surface area contributed by atoms with Crippen LogP contribution in [0.5, 0.6) is 0 Å². The van der Waals surface area contributed by atoms with E-state index in [4.69, 9.17) is 4.98 Å². The minimum Gasteiger partial charge on any atom is -0.308 e. The Morgan fingerprint density at radius 2 is 1.11 bits per heavy atom. The lowest BCUT2D eigenvalue weighted by Gasteiger charge is -2.13. The van der Waals surface area contributed by atoms with Gasteiger partial charge in [-0.1, -0.05) is 121 Å². The van der Waals surface area contributed by atoms with Gasteiger partial charge in [0.25, 0.3) is 0 Å². The average Bonchev–Trinajstić information content (AvgIpc) is 3.69. The number of para-hydroxylation sites is 2. The second kappa shape index (κ2) is 9.87. The molecule has 46 heavy (non-hydrogen) atoms. The van der Waals surface area contributed by atoms with Crippen molar-refractivity contribution in [1.82, 2.24) is 9.55 Å². The fraction of sp³-hybridized carbons (Fsp3) is 0. The van der Waals surface area contributed by atoms with Crippen LogP contribution in [0, 0.1) is 0 Å². The van der Waals surface area contributed by atoms with Crippen molar-refractivity contribution < 1.29 is 0 Å². The molecule has 10 aromatic rings. The van der Waals surface area contributed by atoms with Crippen LogP contribution in [0.4, 0.5) is 0 Å². The molecule has 3 heteroatoms. The zero-order valence-corrected chi connectivity index (χ0v) is 25.6. The van der Waals surface area contributed by atoms with Crippen LogP contribution in [-0.2, 0) is 0 Å². The van der Waals surface area contributed by atoms with Gasteiger partial charge in [0.15, 0.2) is 0 Å². The molecule has 0 fully saturated rings. The molecule has 0 saturated carbocycles. The lowest BCUT2D eigenvalue weighted by atomic mass is 9.98. The van der Waals surface area contributed by atoms with Gasteiger partial charge in [0.1, 0.15) is 0 Å². The van der Waals surface area contributed by atoms with Crippen LogP contribution < -0.4 is 0 Å². The van der Waals surface area contributed by atoms with E-state index in [0.717, 1.165) is 22.5 Å². The Morgan fingerprint density at radius 3 is 1.91 bits per heavy atom. The standard InChI is InChI=1S/C43H26N2S/c1-2-12-27(13-3-1)35-26-37(44-36-19-9-6-14-30(35)36)28-22-24-29(25-23-28)45-38-20-10-7-17-33(38)40-31-15-4-5-16-32(31)41-34-18-8-11-21-39(34)46-43(41)42(40)45/h1-26H. The second-order valence-corrected chi connectivity index (χ2v) is 13.0. The molecule has 0 radical (unpaired) electrons. The fourth-order valence-corrected chi connectivity index (χ4v) is 8.61. The molecule has 0 unspecified atom stereocenters. The quantitative estimate of drug-likeness (QED) is 0.197. The second-order valence-electron chi connectivity index (χ2n) is 11.9. The topological polar surface area (TPSA) is 17.8 Å². The van der Waals surface area contributed by atoms with Gasteiger partial charge in [-0.15, -0.1) is 11.3 Å². The molecule has 3 heterocycles. The lowest BCUT2D eigenvalue weighted by Crippen LogP contribution is -1.95. The predicted octanol–water partition coefficient (Wildman–Crippen LogP) is 12.2. The third-order valence-corrected chi connectivity index (χ3v) is 10.6. The Hall–Kier alpha value is -5.77. The van der Waals surface area contributed by atoms with Gasteiger partial charge < -0.3 is 4.57 Å². The first-order valence-electron chi connectivity index (χ1n) is 15.6. The van der Waals surface area contributed by atoms with Gasteiger partial charge in [-0.25, -0.2) is 4.98 Å². The molecule has 0 aliphatic rings. The zero-order chi connectivity index (χ0) is 30.2. The molecule has 0 bridgehead atoms. The monoisotopic (exact) mass is 602 g/mol. The SMILES string of the molecule is c1ccc(-c2cc(-c3ccc(-n4c5ccccc5c5c6ccccc6c6c7ccccc7sc6c54)cc3)nc3ccccc23)cc1. The number of aromatic nitrogens is 2. The van der Waals surface area contributed by atoms with Gasteiger partial charge >= 0.3 is 0 Å². The molecule has 0 aliphatic heterocycles. The minimum atomic E-state index is 0.976. The molecule has 0 amide bonds. The Balaban J connectivity index is 1.24. The third-order valence-electron chi connectivity index (χ3n) is 9.37. The van der Waals surface area contributed by atoms with Crippen LogP contribution in [0.15, 0.2) is 158 Å². The minimum absolute atomic E-state index is 0.976. The van der Waals surface area contributed by atoms with Crippen molar-refractivity contribution in [3.63, 3.8) is 0 Å². The fourth-order valence-electron chi connectivity index (χ4n) is 7.36. The highest BCUT2D eigenvalue weighted by Gasteiger charge is 2.21. The maximum absolute atomic E-state index is 5.12. The van der Waals surface area contributed by atoms with Crippen LogP contribution in [-0.4, -0.2) is 9.55 Å². The van der Waals surface area contributed by atoms with E-state index < -0.39 is 0 Å². The summed E-state index contributed by atoms with van der Waals surface area (Å²) in [4.78, 5) is 5.12. The number of rotatable bonds is 3. The number of pyridine rings is 1. The van der Waals surface area contributed by atoms with E-state index in [9.17, 15) is 0 Å². The highest BCUT2D eigenvalue weighted by atomic mass is 32.1. The maximum atomic E-state index is 5.12. The van der Waals surface area contributed by atoms with Gasteiger partial charge in [-0.2, -0.15) is 0 Å². The molecule has 7 aromatic carbocycles. The molecule has 0 aliphatic carbocycles. The van der Waals surface area contributed by atoms with Gasteiger partial charge in [0.05, 0.1) is 26.9 Å². The molecule has 0 saturated heterocycles. The Kier molecular flexibility index (Phi) is 5.48. The summed E-state index contributed by atoms with van der Waals surface area (Å²) < 4.78 is 5.12. The summed E-state index contributed by atoms with van der Waals surface area (Å²) in [5, 5.41) is 9.05. The zero-order valence-electron chi connectivity index (χ0n) is 24.8. The number of hydrogen-bond donors (Lipinski definition) is 0. The predicted molar refractivity (Wildman–Crippen MR) is 197 cm³/mol. The maximum Gasteiger partial charge on any atom is 0.0726 e. The van der Waals surface area contributed by atoms with Crippen molar-refractivity contribution in [2.75, 3.05) is 0 Å². The average molecular weight is 603 g/mol. The number of hydrogen-bond acceptors (Lipinski definition) is 2. The third kappa shape index (κ3) is 3.67. The molecule has 0 atom stereocenters. The van der Waals surface area contributed by atoms with E-state index in [1.54, 1.807) is 0 Å². The summed E-state index contributed by atoms with van der Waals surface area (Å²) in [5.74, 6) is 0. The summed E-state index contributed by atoms with van der Waals surface area (Å²) >= 11 is 1.90. The van der Waals surface area contributed by atoms with E-state index in [1.807, 2.05) is 11.3 Å². The van der Waals surface area contributed by atoms with Crippen molar-refractivity contribution in [2.24, 2.45) is 0 Å². The summed E-state index contributed by atoms with van der Waals surface area (Å²) in [6, 6.07) is 56.9. The molecule has 3 aromatic heterocycles. The summed E-state index contributed by atoms with van der Waals surface area (Å²) in [5.41, 5.74) is 9.12. The van der Waals surface area contributed by atoms with Crippen LogP contribution >= 0.6 is 11.3 Å². The summed E-state index contributed by atoms with van der Waals surface area (Å²) in [6.07, 6.45) is 0. The van der Waals surface area contributed by atoms with Crippen molar-refractivity contribution in [3.05, 3.63) is 158 Å². The molecule has 2 nitrogen and oxygen atoms in total. The first kappa shape index (κ1) is 25.5. The van der Waals surface area contributed by atoms with Crippen molar-refractivity contribution in [2.45, 2.75) is 0 Å². The molecule has 0 spiro atoms. The molecule has 0 N–H and O–H groups in total. The summed E-state index contributed by atoms with van der Waals surface area (Å²) in [6.45, 7) is 0. The van der Waals surface area contributed by atoms with E-state index in [1.165, 1.54) is 69.3 Å². The Morgan fingerprint density at radius 1 is 0.478 bits per heavy atom. The molecule has 10 rings (SSSR count). The highest BCUT2D eigenvalue weighted by molar-refractivity contribution is 7.27. The Labute approximate surface area is 269 Å². The van der Waals surface area contributed by atoms with Gasteiger partial charge in [0, 0.05) is 42.9 Å². The normalized spacial score (nSPS) is 11.9. The van der Waals surface area contributed by atoms with Crippen LogP contribution in [0.1, 0.15) is 0 Å². The van der Waals surface area contributed by atoms with Gasteiger partial charge in [-0.05, 0) is 58.3 Å².